The Morgan fingerprint density at radius 2 is 1.57 bits per heavy atom. The number of nitrogens with zero attached hydrogens (tertiary/aromatic N) is 2. The van der Waals surface area contributed by atoms with Gasteiger partial charge in [-0.15, -0.1) is 0 Å². The van der Waals surface area contributed by atoms with Crippen molar-refractivity contribution in [1.82, 2.24) is 15.5 Å². The van der Waals surface area contributed by atoms with Crippen LogP contribution in [-0.4, -0.2) is 88.7 Å². The third-order valence-corrected chi connectivity index (χ3v) is 5.18. The summed E-state index contributed by atoms with van der Waals surface area (Å²) in [6, 6.07) is -5.08. The standard InChI is InChI=1S/C19H33N9O7/c20-9(3-1-5-25-19(23)24)15(31)26-10(7-13(21)29)17(33)28-6-2-4-12(28)16(32)27-11(18(34)35)8-14(22)30/h9-12H,1-8,20H2,(H2,21,29)(H2,22,30)(H,26,31)(H,27,32)(H,34,35)(H4,23,24,25). The molecule has 0 radical (unpaired) electrons. The van der Waals surface area contributed by atoms with Crippen LogP contribution in [0.25, 0.3) is 0 Å². The average Bonchev–Trinajstić information content (AvgIpc) is 3.24. The molecule has 0 spiro atoms. The van der Waals surface area contributed by atoms with E-state index in [0.717, 1.165) is 4.90 Å². The van der Waals surface area contributed by atoms with Crippen LogP contribution in [0.15, 0.2) is 4.99 Å². The molecular formula is C19H33N9O7. The van der Waals surface area contributed by atoms with Crippen LogP contribution in [-0.2, 0) is 28.8 Å². The molecule has 16 heteroatoms. The first-order valence-electron chi connectivity index (χ1n) is 10.8. The molecule has 0 aromatic carbocycles. The summed E-state index contributed by atoms with van der Waals surface area (Å²) in [6.07, 6.45) is -0.0176. The molecule has 13 N–H and O–H groups in total. The highest BCUT2D eigenvalue weighted by Crippen LogP contribution is 2.20. The Hall–Kier alpha value is -3.95. The fourth-order valence-corrected chi connectivity index (χ4v) is 3.50. The molecule has 35 heavy (non-hydrogen) atoms. The fraction of sp³-hybridized carbons (Fsp3) is 0.632. The number of likely N-dealkylation sites (tertiary alicyclic amines) is 1. The second kappa shape index (κ2) is 13.7. The van der Waals surface area contributed by atoms with Crippen LogP contribution in [0.4, 0.5) is 0 Å². The van der Waals surface area contributed by atoms with E-state index in [1.807, 2.05) is 0 Å². The lowest BCUT2D eigenvalue weighted by atomic mass is 10.1. The second-order valence-corrected chi connectivity index (χ2v) is 8.05. The van der Waals surface area contributed by atoms with Crippen LogP contribution in [0.3, 0.4) is 0 Å². The van der Waals surface area contributed by atoms with E-state index in [1.165, 1.54) is 0 Å². The third-order valence-electron chi connectivity index (χ3n) is 5.18. The number of aliphatic carboxylic acids is 1. The largest absolute Gasteiger partial charge is 0.480 e. The zero-order valence-electron chi connectivity index (χ0n) is 19.1. The third kappa shape index (κ3) is 9.83. The highest BCUT2D eigenvalue weighted by atomic mass is 16.4. The molecule has 0 aliphatic carbocycles. The van der Waals surface area contributed by atoms with Crippen molar-refractivity contribution in [3.8, 4) is 0 Å². The molecule has 196 valence electrons. The lowest BCUT2D eigenvalue weighted by Gasteiger charge is -2.29. The van der Waals surface area contributed by atoms with E-state index < -0.39 is 72.5 Å². The molecule has 1 aliphatic heterocycles. The first-order chi connectivity index (χ1) is 16.3. The summed E-state index contributed by atoms with van der Waals surface area (Å²) in [7, 11) is 0. The normalized spacial score (nSPS) is 17.5. The first kappa shape index (κ1) is 29.1. The zero-order valence-corrected chi connectivity index (χ0v) is 19.1. The van der Waals surface area contributed by atoms with Crippen molar-refractivity contribution in [2.24, 2.45) is 33.7 Å². The summed E-state index contributed by atoms with van der Waals surface area (Å²) >= 11 is 0. The number of carbonyl (C=O) groups is 6. The van der Waals surface area contributed by atoms with E-state index in [1.54, 1.807) is 0 Å². The number of guanidine groups is 1. The minimum absolute atomic E-state index is 0.108. The molecule has 0 aromatic rings. The molecule has 4 unspecified atom stereocenters. The van der Waals surface area contributed by atoms with Gasteiger partial charge in [-0.1, -0.05) is 0 Å². The van der Waals surface area contributed by atoms with E-state index in [4.69, 9.17) is 28.7 Å². The molecule has 0 aromatic heterocycles. The quantitative estimate of drug-likeness (QED) is 0.0640. The number of nitrogens with one attached hydrogen (secondary N) is 2. The van der Waals surface area contributed by atoms with E-state index >= 15 is 0 Å². The van der Waals surface area contributed by atoms with Crippen LogP contribution in [0.2, 0.25) is 0 Å². The summed E-state index contributed by atoms with van der Waals surface area (Å²) in [5.41, 5.74) is 26.5. The number of primary amides is 2. The van der Waals surface area contributed by atoms with E-state index in [9.17, 15) is 33.9 Å². The number of rotatable bonds is 14. The monoisotopic (exact) mass is 499 g/mol. The number of carboxylic acid groups (broad SMARTS) is 1. The van der Waals surface area contributed by atoms with Gasteiger partial charge in [0.2, 0.25) is 29.5 Å². The number of amides is 5. The highest BCUT2D eigenvalue weighted by molar-refractivity contribution is 5.97. The Labute approximate surface area is 201 Å². The van der Waals surface area contributed by atoms with Crippen molar-refractivity contribution < 1.29 is 33.9 Å². The molecule has 1 heterocycles. The van der Waals surface area contributed by atoms with Gasteiger partial charge in [0.15, 0.2) is 5.96 Å². The van der Waals surface area contributed by atoms with Gasteiger partial charge in [-0.2, -0.15) is 0 Å². The molecule has 5 amide bonds. The molecule has 16 nitrogen and oxygen atoms in total. The molecule has 1 aliphatic rings. The maximum absolute atomic E-state index is 13.1. The van der Waals surface area contributed by atoms with Gasteiger partial charge in [0.05, 0.1) is 18.9 Å². The van der Waals surface area contributed by atoms with Crippen LogP contribution in [0.1, 0.15) is 38.5 Å². The Morgan fingerprint density at radius 3 is 2.11 bits per heavy atom. The van der Waals surface area contributed by atoms with E-state index in [2.05, 4.69) is 15.6 Å². The topological polar surface area (TPSA) is 292 Å². The van der Waals surface area contributed by atoms with Crippen molar-refractivity contribution in [3.05, 3.63) is 0 Å². The first-order valence-corrected chi connectivity index (χ1v) is 10.8. The fourth-order valence-electron chi connectivity index (χ4n) is 3.50. The Bertz CT molecular complexity index is 860. The molecule has 1 rings (SSSR count). The van der Waals surface area contributed by atoms with Crippen LogP contribution < -0.4 is 39.3 Å². The molecule has 1 saturated heterocycles. The number of aliphatic imine (C=N–C) groups is 1. The van der Waals surface area contributed by atoms with Gasteiger partial charge in [-0.25, -0.2) is 4.79 Å². The van der Waals surface area contributed by atoms with Gasteiger partial charge in [0, 0.05) is 13.1 Å². The second-order valence-electron chi connectivity index (χ2n) is 8.05. The van der Waals surface area contributed by atoms with Gasteiger partial charge in [-0.3, -0.25) is 29.0 Å². The summed E-state index contributed by atoms with van der Waals surface area (Å²) in [5.74, 6) is -5.69. The van der Waals surface area contributed by atoms with Gasteiger partial charge >= 0.3 is 5.97 Å². The zero-order chi connectivity index (χ0) is 26.7. The maximum Gasteiger partial charge on any atom is 0.326 e. The predicted octanol–water partition coefficient (Wildman–Crippen LogP) is -4.84. The lowest BCUT2D eigenvalue weighted by Crippen LogP contribution is -2.57. The van der Waals surface area contributed by atoms with Crippen molar-refractivity contribution >= 4 is 41.5 Å². The Balaban J connectivity index is 2.89. The van der Waals surface area contributed by atoms with Crippen molar-refractivity contribution in [2.75, 3.05) is 13.1 Å². The van der Waals surface area contributed by atoms with E-state index in [-0.39, 0.29) is 31.9 Å². The highest BCUT2D eigenvalue weighted by Gasteiger charge is 2.39. The van der Waals surface area contributed by atoms with Crippen LogP contribution in [0, 0.1) is 0 Å². The number of nitrogens with two attached hydrogens (primary N) is 5. The molecule has 4 atom stereocenters. The van der Waals surface area contributed by atoms with Gasteiger partial charge in [0.25, 0.3) is 0 Å². The summed E-state index contributed by atoms with van der Waals surface area (Å²) in [5, 5.41) is 13.8. The van der Waals surface area contributed by atoms with Crippen LogP contribution >= 0.6 is 0 Å². The predicted molar refractivity (Wildman–Crippen MR) is 122 cm³/mol. The smallest absolute Gasteiger partial charge is 0.326 e. The number of carbonyl (C=O) groups excluding carboxylic acids is 5. The maximum atomic E-state index is 13.1. The molecular weight excluding hydrogens is 466 g/mol. The summed E-state index contributed by atoms with van der Waals surface area (Å²) in [6.45, 7) is 0.352. The number of hydrogen-bond donors (Lipinski definition) is 8. The van der Waals surface area contributed by atoms with E-state index in [0.29, 0.717) is 12.8 Å². The number of carboxylic acids is 1. The molecule has 0 saturated carbocycles. The Kier molecular flexibility index (Phi) is 11.4. The molecule has 0 bridgehead atoms. The minimum Gasteiger partial charge on any atom is -0.480 e. The van der Waals surface area contributed by atoms with Gasteiger partial charge in [-0.05, 0) is 25.7 Å². The minimum atomic E-state index is -1.57. The van der Waals surface area contributed by atoms with Gasteiger partial charge < -0.3 is 49.3 Å². The average molecular weight is 500 g/mol. The molecule has 1 fully saturated rings. The lowest BCUT2D eigenvalue weighted by molar-refractivity contribution is -0.146. The van der Waals surface area contributed by atoms with Crippen molar-refractivity contribution in [1.29, 1.82) is 0 Å². The SMILES string of the molecule is NC(=O)CC(NC(=O)C1CCCN1C(=O)C(CC(N)=O)NC(=O)C(N)CCCN=C(N)N)C(=O)O. The Morgan fingerprint density at radius 1 is 0.971 bits per heavy atom. The summed E-state index contributed by atoms with van der Waals surface area (Å²) in [4.78, 5) is 77.1. The summed E-state index contributed by atoms with van der Waals surface area (Å²) < 4.78 is 0. The number of hydrogen-bond acceptors (Lipinski definition) is 8. The van der Waals surface area contributed by atoms with Crippen LogP contribution in [0.5, 0.6) is 0 Å². The van der Waals surface area contributed by atoms with Crippen molar-refractivity contribution in [3.63, 3.8) is 0 Å². The van der Waals surface area contributed by atoms with Crippen molar-refractivity contribution in [2.45, 2.75) is 62.7 Å². The van der Waals surface area contributed by atoms with Gasteiger partial charge in [0.1, 0.15) is 18.1 Å².